The van der Waals surface area contributed by atoms with Gasteiger partial charge in [0.1, 0.15) is 11.9 Å². The monoisotopic (exact) mass is 562 g/mol. The molecule has 1 aromatic heterocycles. The van der Waals surface area contributed by atoms with E-state index in [2.05, 4.69) is 31.4 Å². The Morgan fingerprint density at radius 1 is 0.950 bits per heavy atom. The molecule has 1 atom stereocenters. The highest BCUT2D eigenvalue weighted by atomic mass is 32.2. The van der Waals surface area contributed by atoms with Crippen molar-refractivity contribution in [2.75, 3.05) is 67.9 Å². The number of imide groups is 1. The lowest BCUT2D eigenvalue weighted by Gasteiger charge is -2.36. The number of hydrogen-bond acceptors (Lipinski definition) is 10. The van der Waals surface area contributed by atoms with E-state index in [1.807, 2.05) is 23.9 Å². The minimum absolute atomic E-state index is 0.127. The van der Waals surface area contributed by atoms with Crippen LogP contribution in [0, 0.1) is 0 Å². The number of carbonyl (C=O) groups is 3. The maximum Gasteiger partial charge on any atom is 0.255 e. The fourth-order valence-corrected chi connectivity index (χ4v) is 7.48. The molecule has 6 heterocycles. The molecular weight excluding hydrogens is 528 g/mol. The smallest absolute Gasteiger partial charge is 0.255 e. The number of hydrogen-bond donors (Lipinski definition) is 2. The first-order valence-electron chi connectivity index (χ1n) is 14.3. The van der Waals surface area contributed by atoms with E-state index in [1.54, 1.807) is 4.90 Å². The molecule has 2 aromatic rings. The minimum atomic E-state index is -0.582. The van der Waals surface area contributed by atoms with Crippen LogP contribution in [0.1, 0.15) is 40.0 Å². The number of benzene rings is 1. The number of piperidine rings is 1. The van der Waals surface area contributed by atoms with E-state index >= 15 is 0 Å². The molecule has 7 rings (SSSR count). The second-order valence-electron chi connectivity index (χ2n) is 11.1. The molecule has 0 bridgehead atoms. The molecule has 3 fully saturated rings. The zero-order valence-electron chi connectivity index (χ0n) is 22.5. The van der Waals surface area contributed by atoms with Gasteiger partial charge in [0.25, 0.3) is 5.91 Å². The number of piperazine rings is 2. The van der Waals surface area contributed by atoms with E-state index in [0.29, 0.717) is 18.5 Å². The van der Waals surface area contributed by atoms with Gasteiger partial charge in [-0.2, -0.15) is 4.98 Å². The van der Waals surface area contributed by atoms with Gasteiger partial charge in [-0.05, 0) is 23.6 Å². The summed E-state index contributed by atoms with van der Waals surface area (Å²) in [4.78, 5) is 57.0. The lowest BCUT2D eigenvalue weighted by molar-refractivity contribution is -0.136. The molecule has 1 unspecified atom stereocenters. The maximum absolute atomic E-state index is 13.0. The molecule has 3 amide bonds. The van der Waals surface area contributed by atoms with E-state index in [-0.39, 0.29) is 24.1 Å². The molecule has 0 radical (unpaired) electrons. The van der Waals surface area contributed by atoms with E-state index in [4.69, 9.17) is 9.97 Å². The Hall–Kier alpha value is -3.22. The Morgan fingerprint density at radius 2 is 1.77 bits per heavy atom. The second-order valence-corrected chi connectivity index (χ2v) is 12.2. The molecule has 2 N–H and O–H groups in total. The van der Waals surface area contributed by atoms with Crippen LogP contribution in [0.4, 0.5) is 11.8 Å². The summed E-state index contributed by atoms with van der Waals surface area (Å²) in [5.74, 6) is 2.29. The predicted molar refractivity (Wildman–Crippen MR) is 152 cm³/mol. The Balaban J connectivity index is 0.996. The fraction of sp³-hybridized carbons (Fsp3) is 0.536. The summed E-state index contributed by atoms with van der Waals surface area (Å²) in [6, 6.07) is 5.44. The SMILES string of the molecule is O=C1CCC(N2Cc3cc(CN4CCN(c5nc6c(c(N7CCNCC7)n5)SCC6)CC4)ccc3C2=O)C(=O)N1. The number of fused-ring (bicyclic) bond motifs is 2. The van der Waals surface area contributed by atoms with Crippen molar-refractivity contribution in [2.45, 2.75) is 43.3 Å². The van der Waals surface area contributed by atoms with Gasteiger partial charge in [0, 0.05) is 89.6 Å². The van der Waals surface area contributed by atoms with Gasteiger partial charge in [0.15, 0.2) is 0 Å². The van der Waals surface area contributed by atoms with Crippen molar-refractivity contribution < 1.29 is 14.4 Å². The van der Waals surface area contributed by atoms with Crippen molar-refractivity contribution >= 4 is 41.2 Å². The zero-order chi connectivity index (χ0) is 27.2. The third-order valence-corrected chi connectivity index (χ3v) is 9.67. The third kappa shape index (κ3) is 4.82. The number of nitrogens with one attached hydrogen (secondary N) is 2. The van der Waals surface area contributed by atoms with E-state index < -0.39 is 6.04 Å². The Labute approximate surface area is 237 Å². The van der Waals surface area contributed by atoms with Gasteiger partial charge in [-0.15, -0.1) is 11.8 Å². The number of amides is 3. The molecule has 12 heteroatoms. The lowest BCUT2D eigenvalue weighted by Crippen LogP contribution is -2.52. The topological polar surface area (TPSA) is 114 Å². The number of rotatable bonds is 5. The molecule has 5 aliphatic rings. The highest BCUT2D eigenvalue weighted by Crippen LogP contribution is 2.38. The zero-order valence-corrected chi connectivity index (χ0v) is 23.3. The molecular formula is C28H34N8O3S. The summed E-state index contributed by atoms with van der Waals surface area (Å²) in [6.45, 7) is 8.73. The Morgan fingerprint density at radius 3 is 2.58 bits per heavy atom. The highest BCUT2D eigenvalue weighted by Gasteiger charge is 2.39. The van der Waals surface area contributed by atoms with Crippen LogP contribution in [0.15, 0.2) is 23.1 Å². The molecule has 40 heavy (non-hydrogen) atoms. The van der Waals surface area contributed by atoms with Crippen LogP contribution in [0.5, 0.6) is 0 Å². The predicted octanol–water partition coefficient (Wildman–Crippen LogP) is 0.618. The first-order chi connectivity index (χ1) is 19.5. The number of nitrogens with zero attached hydrogens (tertiary/aromatic N) is 6. The van der Waals surface area contributed by atoms with E-state index in [0.717, 1.165) is 94.0 Å². The first-order valence-corrected chi connectivity index (χ1v) is 15.3. The largest absolute Gasteiger partial charge is 0.353 e. The van der Waals surface area contributed by atoms with Gasteiger partial charge in [0.2, 0.25) is 17.8 Å². The Bertz CT molecular complexity index is 1360. The van der Waals surface area contributed by atoms with Crippen molar-refractivity contribution in [1.82, 2.24) is 30.4 Å². The average Bonchev–Trinajstić information content (AvgIpc) is 3.58. The van der Waals surface area contributed by atoms with Crippen LogP contribution >= 0.6 is 11.8 Å². The van der Waals surface area contributed by atoms with Crippen molar-refractivity contribution in [2.24, 2.45) is 0 Å². The molecule has 0 aliphatic carbocycles. The summed E-state index contributed by atoms with van der Waals surface area (Å²) in [5.41, 5.74) is 3.98. The van der Waals surface area contributed by atoms with Crippen LogP contribution in [0.25, 0.3) is 0 Å². The number of carbonyl (C=O) groups excluding carboxylic acids is 3. The van der Waals surface area contributed by atoms with Crippen LogP contribution in [-0.4, -0.2) is 102 Å². The van der Waals surface area contributed by atoms with Crippen molar-refractivity contribution in [3.63, 3.8) is 0 Å². The van der Waals surface area contributed by atoms with Gasteiger partial charge in [0.05, 0.1) is 10.6 Å². The summed E-state index contributed by atoms with van der Waals surface area (Å²) in [6.07, 6.45) is 1.65. The van der Waals surface area contributed by atoms with Crippen LogP contribution in [0.3, 0.4) is 0 Å². The van der Waals surface area contributed by atoms with Crippen molar-refractivity contribution in [3.05, 3.63) is 40.6 Å². The average molecular weight is 563 g/mol. The normalized spacial score (nSPS) is 23.4. The lowest BCUT2D eigenvalue weighted by atomic mass is 10.0. The summed E-state index contributed by atoms with van der Waals surface area (Å²) in [7, 11) is 0. The molecule has 3 saturated heterocycles. The van der Waals surface area contributed by atoms with Crippen LogP contribution in [0.2, 0.25) is 0 Å². The fourth-order valence-electron chi connectivity index (χ4n) is 6.36. The summed E-state index contributed by atoms with van der Waals surface area (Å²) < 4.78 is 0. The minimum Gasteiger partial charge on any atom is -0.353 e. The molecule has 1 aromatic carbocycles. The first kappa shape index (κ1) is 25.7. The molecule has 0 saturated carbocycles. The number of aromatic nitrogens is 2. The van der Waals surface area contributed by atoms with Crippen LogP contribution in [-0.2, 0) is 29.1 Å². The standard InChI is InChI=1S/C28H34N8O3S/c37-23-4-3-22(26(38)31-23)36-17-19-15-18(1-2-20(19)27(36)39)16-33-10-12-35(13-11-33)28-30-21-5-14-40-24(21)25(32-28)34-8-6-29-7-9-34/h1-2,15,22,29H,3-14,16-17H2,(H,31,37,38). The van der Waals surface area contributed by atoms with Crippen molar-refractivity contribution in [1.29, 1.82) is 0 Å². The molecule has 0 spiro atoms. The van der Waals surface area contributed by atoms with Gasteiger partial charge < -0.3 is 20.0 Å². The highest BCUT2D eigenvalue weighted by molar-refractivity contribution is 7.99. The Kier molecular flexibility index (Phi) is 6.84. The van der Waals surface area contributed by atoms with Gasteiger partial charge >= 0.3 is 0 Å². The molecule has 210 valence electrons. The third-order valence-electron chi connectivity index (χ3n) is 8.56. The second kappa shape index (κ2) is 10.6. The van der Waals surface area contributed by atoms with Gasteiger partial charge in [-0.3, -0.25) is 24.6 Å². The van der Waals surface area contributed by atoms with Crippen LogP contribution < -0.4 is 20.4 Å². The van der Waals surface area contributed by atoms with Crippen molar-refractivity contribution in [3.8, 4) is 0 Å². The molecule has 11 nitrogen and oxygen atoms in total. The summed E-state index contributed by atoms with van der Waals surface area (Å²) in [5, 5.41) is 5.81. The van der Waals surface area contributed by atoms with Gasteiger partial charge in [-0.25, -0.2) is 4.98 Å². The quantitative estimate of drug-likeness (QED) is 0.503. The number of thioether (sulfide) groups is 1. The van der Waals surface area contributed by atoms with E-state index in [9.17, 15) is 14.4 Å². The number of aryl methyl sites for hydroxylation is 1. The number of anilines is 2. The summed E-state index contributed by atoms with van der Waals surface area (Å²) >= 11 is 1.89. The maximum atomic E-state index is 13.0. The van der Waals surface area contributed by atoms with Gasteiger partial charge in [-0.1, -0.05) is 12.1 Å². The molecule has 5 aliphatic heterocycles. The van der Waals surface area contributed by atoms with E-state index in [1.165, 1.54) is 10.6 Å².